The number of hydrogen-bond donors (Lipinski definition) is 3. The minimum atomic E-state index is -1.32. The van der Waals surface area contributed by atoms with Gasteiger partial charge in [0.1, 0.15) is 15.5 Å². The van der Waals surface area contributed by atoms with E-state index in [-0.39, 0.29) is 11.9 Å². The molecule has 10 heteroatoms. The number of aliphatic hydroxyl groups is 1. The van der Waals surface area contributed by atoms with E-state index in [1.54, 1.807) is 33.2 Å². The standard InChI is InChI=1S/C16H22N6O3S/c1-8(2)19-14(24)16(4,5)21-12(23)10-9(3)13(22-17-6-7-18-22)26-11(10)20-15(21)25/h6-8,15,20,25H,1-5H3,(H,19,24). The zero-order valence-corrected chi connectivity index (χ0v) is 16.1. The van der Waals surface area contributed by atoms with Crippen molar-refractivity contribution in [2.75, 3.05) is 5.32 Å². The van der Waals surface area contributed by atoms with E-state index in [0.29, 0.717) is 21.1 Å². The molecule has 1 aliphatic heterocycles. The third-order valence-corrected chi connectivity index (χ3v) is 5.43. The number of aliphatic hydroxyl groups excluding tert-OH is 1. The van der Waals surface area contributed by atoms with E-state index in [2.05, 4.69) is 20.8 Å². The Morgan fingerprint density at radius 1 is 1.38 bits per heavy atom. The molecule has 0 bridgehead atoms. The lowest BCUT2D eigenvalue weighted by atomic mass is 9.98. The molecule has 0 aromatic carbocycles. The van der Waals surface area contributed by atoms with Gasteiger partial charge in [-0.1, -0.05) is 11.3 Å². The molecule has 2 amide bonds. The Bertz CT molecular complexity index is 843. The van der Waals surface area contributed by atoms with Gasteiger partial charge in [-0.05, 0) is 34.6 Å². The van der Waals surface area contributed by atoms with Crippen molar-refractivity contribution in [3.8, 4) is 5.00 Å². The third-order valence-electron chi connectivity index (χ3n) is 4.24. The van der Waals surface area contributed by atoms with E-state index in [0.717, 1.165) is 4.90 Å². The number of amides is 2. The Balaban J connectivity index is 2.01. The van der Waals surface area contributed by atoms with Crippen molar-refractivity contribution in [3.63, 3.8) is 0 Å². The number of carbonyl (C=O) groups excluding carboxylic acids is 2. The number of hydrogen-bond acceptors (Lipinski definition) is 7. The normalized spacial score (nSPS) is 17.3. The van der Waals surface area contributed by atoms with Crippen LogP contribution in [0.2, 0.25) is 0 Å². The van der Waals surface area contributed by atoms with Crippen molar-refractivity contribution >= 4 is 28.2 Å². The van der Waals surface area contributed by atoms with E-state index in [1.165, 1.54) is 16.1 Å². The van der Waals surface area contributed by atoms with E-state index in [1.807, 2.05) is 13.8 Å². The van der Waals surface area contributed by atoms with Gasteiger partial charge in [0.25, 0.3) is 5.91 Å². The predicted molar refractivity (Wildman–Crippen MR) is 97.1 cm³/mol. The second-order valence-electron chi connectivity index (χ2n) is 6.94. The van der Waals surface area contributed by atoms with Gasteiger partial charge in [0.2, 0.25) is 12.3 Å². The Kier molecular flexibility index (Phi) is 4.49. The summed E-state index contributed by atoms with van der Waals surface area (Å²) in [6.07, 6.45) is 1.78. The zero-order valence-electron chi connectivity index (χ0n) is 15.3. The topological polar surface area (TPSA) is 112 Å². The minimum Gasteiger partial charge on any atom is -0.356 e. The third kappa shape index (κ3) is 2.84. The molecular weight excluding hydrogens is 356 g/mol. The molecule has 1 atom stereocenters. The average Bonchev–Trinajstić information content (AvgIpc) is 3.14. The second-order valence-corrected chi connectivity index (χ2v) is 7.93. The molecule has 9 nitrogen and oxygen atoms in total. The van der Waals surface area contributed by atoms with Crippen molar-refractivity contribution in [3.05, 3.63) is 23.5 Å². The number of thiophene rings is 1. The van der Waals surface area contributed by atoms with Gasteiger partial charge in [-0.15, -0.1) is 4.80 Å². The van der Waals surface area contributed by atoms with Crippen molar-refractivity contribution < 1.29 is 14.7 Å². The molecule has 0 saturated heterocycles. The maximum atomic E-state index is 13.2. The summed E-state index contributed by atoms with van der Waals surface area (Å²) in [5.74, 6) is -0.755. The summed E-state index contributed by atoms with van der Waals surface area (Å²) in [7, 11) is 0. The monoisotopic (exact) mass is 378 g/mol. The lowest BCUT2D eigenvalue weighted by Crippen LogP contribution is -2.64. The zero-order chi connectivity index (χ0) is 19.2. The molecule has 0 aliphatic carbocycles. The summed E-state index contributed by atoms with van der Waals surface area (Å²) < 4.78 is 0. The quantitative estimate of drug-likeness (QED) is 0.734. The molecule has 1 aliphatic rings. The molecule has 3 N–H and O–H groups in total. The van der Waals surface area contributed by atoms with Crippen LogP contribution in [-0.2, 0) is 4.79 Å². The van der Waals surface area contributed by atoms with Crippen LogP contribution in [0.4, 0.5) is 5.00 Å². The van der Waals surface area contributed by atoms with Crippen molar-refractivity contribution in [1.82, 2.24) is 25.2 Å². The Morgan fingerprint density at radius 3 is 2.58 bits per heavy atom. The molecule has 0 spiro atoms. The number of rotatable bonds is 4. The number of anilines is 1. The summed E-state index contributed by atoms with van der Waals surface area (Å²) in [6.45, 7) is 8.69. The molecule has 26 heavy (non-hydrogen) atoms. The smallest absolute Gasteiger partial charge is 0.261 e. The molecule has 140 valence electrons. The molecular formula is C16H22N6O3S. The van der Waals surface area contributed by atoms with Crippen molar-refractivity contribution in [2.45, 2.75) is 52.6 Å². The first-order chi connectivity index (χ1) is 12.1. The second kappa shape index (κ2) is 6.36. The molecule has 1 unspecified atom stereocenters. The predicted octanol–water partition coefficient (Wildman–Crippen LogP) is 1.08. The minimum absolute atomic E-state index is 0.0808. The van der Waals surface area contributed by atoms with Crippen LogP contribution >= 0.6 is 11.3 Å². The van der Waals surface area contributed by atoms with Gasteiger partial charge < -0.3 is 15.7 Å². The van der Waals surface area contributed by atoms with Crippen LogP contribution in [0, 0.1) is 6.92 Å². The fourth-order valence-electron chi connectivity index (χ4n) is 2.89. The van der Waals surface area contributed by atoms with Crippen LogP contribution < -0.4 is 10.6 Å². The maximum absolute atomic E-state index is 13.2. The van der Waals surface area contributed by atoms with E-state index in [9.17, 15) is 14.7 Å². The van der Waals surface area contributed by atoms with E-state index < -0.39 is 17.8 Å². The fraction of sp³-hybridized carbons (Fsp3) is 0.500. The lowest BCUT2D eigenvalue weighted by Gasteiger charge is -2.43. The van der Waals surface area contributed by atoms with Gasteiger partial charge in [-0.2, -0.15) is 10.2 Å². The fourth-order valence-corrected chi connectivity index (χ4v) is 4.02. The first kappa shape index (κ1) is 18.3. The first-order valence-electron chi connectivity index (χ1n) is 8.24. The van der Waals surface area contributed by atoms with E-state index in [4.69, 9.17) is 0 Å². The molecule has 3 rings (SSSR count). The van der Waals surface area contributed by atoms with Gasteiger partial charge >= 0.3 is 0 Å². The highest BCUT2D eigenvalue weighted by Crippen LogP contribution is 2.40. The summed E-state index contributed by atoms with van der Waals surface area (Å²) >= 11 is 1.28. The molecule has 2 aromatic heterocycles. The SMILES string of the molecule is Cc1c(-n2nccn2)sc2c1C(=O)N(C(C)(C)C(=O)NC(C)C)C(O)N2. The van der Waals surface area contributed by atoms with Gasteiger partial charge in [-0.25, -0.2) is 0 Å². The highest BCUT2D eigenvalue weighted by atomic mass is 32.1. The molecule has 0 radical (unpaired) electrons. The van der Waals surface area contributed by atoms with Gasteiger partial charge in [-0.3, -0.25) is 14.5 Å². The first-order valence-corrected chi connectivity index (χ1v) is 9.05. The summed E-state index contributed by atoms with van der Waals surface area (Å²) in [5.41, 5.74) is -0.141. The van der Waals surface area contributed by atoms with Crippen LogP contribution in [0.1, 0.15) is 43.6 Å². The molecule has 0 saturated carbocycles. The van der Waals surface area contributed by atoms with Crippen LogP contribution in [-0.4, -0.2) is 54.7 Å². The van der Waals surface area contributed by atoms with Gasteiger partial charge in [0, 0.05) is 11.6 Å². The molecule has 0 fully saturated rings. The summed E-state index contributed by atoms with van der Waals surface area (Å²) in [4.78, 5) is 28.4. The lowest BCUT2D eigenvalue weighted by molar-refractivity contribution is -0.135. The van der Waals surface area contributed by atoms with Crippen LogP contribution in [0.15, 0.2) is 12.4 Å². The summed E-state index contributed by atoms with van der Waals surface area (Å²) in [6, 6.07) is -0.0808. The number of fused-ring (bicyclic) bond motifs is 1. The van der Waals surface area contributed by atoms with Gasteiger partial charge in [0.05, 0.1) is 18.0 Å². The van der Waals surface area contributed by atoms with Gasteiger partial charge in [0.15, 0.2) is 0 Å². The Labute approximate surface area is 155 Å². The maximum Gasteiger partial charge on any atom is 0.261 e. The number of carbonyl (C=O) groups is 2. The van der Waals surface area contributed by atoms with Crippen LogP contribution in [0.5, 0.6) is 0 Å². The van der Waals surface area contributed by atoms with Crippen LogP contribution in [0.25, 0.3) is 5.00 Å². The Morgan fingerprint density at radius 2 is 2.00 bits per heavy atom. The van der Waals surface area contributed by atoms with E-state index >= 15 is 0 Å². The van der Waals surface area contributed by atoms with Crippen LogP contribution in [0.3, 0.4) is 0 Å². The summed E-state index contributed by atoms with van der Waals surface area (Å²) in [5, 5.41) is 25.6. The highest BCUT2D eigenvalue weighted by Gasteiger charge is 2.46. The Hall–Kier alpha value is -2.46. The average molecular weight is 378 g/mol. The molecule has 3 heterocycles. The number of aromatic nitrogens is 3. The molecule has 2 aromatic rings. The van der Waals surface area contributed by atoms with Crippen molar-refractivity contribution in [2.24, 2.45) is 0 Å². The van der Waals surface area contributed by atoms with Crippen molar-refractivity contribution in [1.29, 1.82) is 0 Å². The number of nitrogens with zero attached hydrogens (tertiary/aromatic N) is 4. The highest BCUT2D eigenvalue weighted by molar-refractivity contribution is 7.19. The number of nitrogens with one attached hydrogen (secondary N) is 2. The largest absolute Gasteiger partial charge is 0.356 e.